The van der Waals surface area contributed by atoms with Gasteiger partial charge in [0.25, 0.3) is 0 Å². The van der Waals surface area contributed by atoms with Gasteiger partial charge in [-0.25, -0.2) is 0 Å². The van der Waals surface area contributed by atoms with E-state index in [9.17, 15) is 26.7 Å². The molecular formula is C8H5BrF5NOS. The molecule has 1 rings (SSSR count). The zero-order chi connectivity index (χ0) is 13.3. The molecule has 0 saturated carbocycles. The van der Waals surface area contributed by atoms with Gasteiger partial charge >= 0.3 is 18.0 Å². The summed E-state index contributed by atoms with van der Waals surface area (Å²) in [4.78, 5) is 11.2. The third kappa shape index (κ3) is 3.15. The van der Waals surface area contributed by atoms with Crippen molar-refractivity contribution in [2.75, 3.05) is 0 Å². The molecule has 0 bridgehead atoms. The van der Waals surface area contributed by atoms with E-state index in [4.69, 9.17) is 0 Å². The number of thiophene rings is 1. The van der Waals surface area contributed by atoms with Crippen LogP contribution in [0.4, 0.5) is 22.0 Å². The third-order valence-corrected chi connectivity index (χ3v) is 3.67. The van der Waals surface area contributed by atoms with E-state index in [1.807, 2.05) is 0 Å². The molecule has 1 N–H and O–H groups in total. The smallest absolute Gasteiger partial charge is 0.346 e. The van der Waals surface area contributed by atoms with Crippen LogP contribution in [0, 0.1) is 0 Å². The SMILES string of the molecule is O=C(NCc1sccc1Br)C(F)(F)C(F)(F)F. The van der Waals surface area contributed by atoms with E-state index in [-0.39, 0.29) is 6.54 Å². The molecule has 0 aliphatic carbocycles. The Morgan fingerprint density at radius 1 is 1.35 bits per heavy atom. The van der Waals surface area contributed by atoms with Gasteiger partial charge in [0.15, 0.2) is 0 Å². The molecule has 0 fully saturated rings. The van der Waals surface area contributed by atoms with Gasteiger partial charge in [0.1, 0.15) is 0 Å². The van der Waals surface area contributed by atoms with Gasteiger partial charge in [0.2, 0.25) is 0 Å². The van der Waals surface area contributed by atoms with Gasteiger partial charge in [0.05, 0.1) is 6.54 Å². The topological polar surface area (TPSA) is 29.1 Å². The average molecular weight is 338 g/mol. The van der Waals surface area contributed by atoms with Crippen LogP contribution < -0.4 is 5.32 Å². The van der Waals surface area contributed by atoms with Crippen molar-refractivity contribution < 1.29 is 26.7 Å². The highest BCUT2D eigenvalue weighted by Crippen LogP contribution is 2.35. The molecule has 0 aliphatic rings. The zero-order valence-corrected chi connectivity index (χ0v) is 10.3. The maximum absolute atomic E-state index is 12.5. The van der Waals surface area contributed by atoms with Crippen LogP contribution in [-0.4, -0.2) is 18.0 Å². The van der Waals surface area contributed by atoms with Crippen LogP contribution in [0.5, 0.6) is 0 Å². The van der Waals surface area contributed by atoms with E-state index in [2.05, 4.69) is 15.9 Å². The zero-order valence-electron chi connectivity index (χ0n) is 7.95. The molecule has 9 heteroatoms. The molecule has 2 nitrogen and oxygen atoms in total. The molecule has 0 aromatic carbocycles. The third-order valence-electron chi connectivity index (χ3n) is 1.74. The molecule has 0 saturated heterocycles. The van der Waals surface area contributed by atoms with Crippen LogP contribution in [0.3, 0.4) is 0 Å². The fourth-order valence-corrected chi connectivity index (χ4v) is 2.28. The predicted molar refractivity (Wildman–Crippen MR) is 54.9 cm³/mol. The van der Waals surface area contributed by atoms with E-state index < -0.39 is 18.0 Å². The Kier molecular flexibility index (Phi) is 4.13. The lowest BCUT2D eigenvalue weighted by atomic mass is 10.3. The van der Waals surface area contributed by atoms with Gasteiger partial charge in [-0.1, -0.05) is 0 Å². The second kappa shape index (κ2) is 4.89. The lowest BCUT2D eigenvalue weighted by molar-refractivity contribution is -0.269. The summed E-state index contributed by atoms with van der Waals surface area (Å²) in [5.74, 6) is -7.73. The van der Waals surface area contributed by atoms with Crippen molar-refractivity contribution >= 4 is 33.2 Å². The van der Waals surface area contributed by atoms with Crippen molar-refractivity contribution in [3.63, 3.8) is 0 Å². The number of carbonyl (C=O) groups is 1. The number of nitrogens with one attached hydrogen (secondary N) is 1. The van der Waals surface area contributed by atoms with Gasteiger partial charge in [-0.2, -0.15) is 22.0 Å². The quantitative estimate of drug-likeness (QED) is 0.842. The Morgan fingerprint density at radius 2 is 1.94 bits per heavy atom. The van der Waals surface area contributed by atoms with Crippen LogP contribution in [-0.2, 0) is 11.3 Å². The minimum atomic E-state index is -5.89. The summed E-state index contributed by atoms with van der Waals surface area (Å²) >= 11 is 4.18. The lowest BCUT2D eigenvalue weighted by Crippen LogP contribution is -2.50. The molecule has 1 aromatic heterocycles. The van der Waals surface area contributed by atoms with Gasteiger partial charge in [0, 0.05) is 9.35 Å². The molecular weight excluding hydrogens is 333 g/mol. The standard InChI is InChI=1S/C8H5BrF5NOS/c9-4-1-2-17-5(4)3-15-6(16)7(10,11)8(12,13)14/h1-2H,3H2,(H,15,16). The first-order valence-corrected chi connectivity index (χ1v) is 5.78. The largest absolute Gasteiger partial charge is 0.463 e. The van der Waals surface area contributed by atoms with E-state index in [1.54, 1.807) is 16.8 Å². The molecule has 0 radical (unpaired) electrons. The maximum atomic E-state index is 12.5. The van der Waals surface area contributed by atoms with Crippen molar-refractivity contribution in [3.05, 3.63) is 20.8 Å². The second-order valence-corrected chi connectivity index (χ2v) is 4.80. The highest BCUT2D eigenvalue weighted by Gasteiger charge is 2.63. The lowest BCUT2D eigenvalue weighted by Gasteiger charge is -2.18. The van der Waals surface area contributed by atoms with E-state index in [1.165, 1.54) is 0 Å². The average Bonchev–Trinajstić information content (AvgIpc) is 2.58. The Hall–Kier alpha value is -0.700. The Balaban J connectivity index is 2.65. The summed E-state index contributed by atoms with van der Waals surface area (Å²) in [5, 5.41) is 3.15. The van der Waals surface area contributed by atoms with Crippen molar-refractivity contribution in [2.24, 2.45) is 0 Å². The summed E-state index contributed by atoms with van der Waals surface area (Å²) in [7, 11) is 0. The number of rotatable bonds is 3. The molecule has 0 aliphatic heterocycles. The van der Waals surface area contributed by atoms with E-state index in [0.717, 1.165) is 11.3 Å². The summed E-state index contributed by atoms with van der Waals surface area (Å²) in [5.41, 5.74) is 0. The number of alkyl halides is 5. The summed E-state index contributed by atoms with van der Waals surface area (Å²) < 4.78 is 61.0. The second-order valence-electron chi connectivity index (χ2n) is 2.95. The van der Waals surface area contributed by atoms with Crippen LogP contribution in [0.25, 0.3) is 0 Å². The fraction of sp³-hybridized carbons (Fsp3) is 0.375. The first kappa shape index (κ1) is 14.4. The number of hydrogen-bond donors (Lipinski definition) is 1. The van der Waals surface area contributed by atoms with E-state index in [0.29, 0.717) is 9.35 Å². The van der Waals surface area contributed by atoms with Crippen molar-refractivity contribution in [1.29, 1.82) is 0 Å². The first-order valence-electron chi connectivity index (χ1n) is 4.11. The number of amides is 1. The molecule has 0 atom stereocenters. The fourth-order valence-electron chi connectivity index (χ4n) is 0.852. The monoisotopic (exact) mass is 337 g/mol. The van der Waals surface area contributed by atoms with E-state index >= 15 is 0 Å². The molecule has 0 spiro atoms. The molecule has 1 heterocycles. The molecule has 96 valence electrons. The summed E-state index contributed by atoms with van der Waals surface area (Å²) in [6.07, 6.45) is -5.89. The molecule has 1 amide bonds. The van der Waals surface area contributed by atoms with Crippen LogP contribution in [0.1, 0.15) is 4.88 Å². The Bertz CT molecular complexity index is 416. The van der Waals surface area contributed by atoms with Gasteiger partial charge in [-0.15, -0.1) is 11.3 Å². The minimum Gasteiger partial charge on any atom is -0.346 e. The Morgan fingerprint density at radius 3 is 2.35 bits per heavy atom. The Labute approximate surface area is 105 Å². The number of carbonyl (C=O) groups excluding carboxylic acids is 1. The van der Waals surface area contributed by atoms with Crippen molar-refractivity contribution in [3.8, 4) is 0 Å². The normalized spacial score (nSPS) is 12.6. The van der Waals surface area contributed by atoms with Crippen molar-refractivity contribution in [2.45, 2.75) is 18.6 Å². The maximum Gasteiger partial charge on any atom is 0.463 e. The molecule has 0 unspecified atom stereocenters. The van der Waals surface area contributed by atoms with Crippen LogP contribution in [0.2, 0.25) is 0 Å². The van der Waals surface area contributed by atoms with Crippen molar-refractivity contribution in [1.82, 2.24) is 5.32 Å². The summed E-state index contributed by atoms with van der Waals surface area (Å²) in [6, 6.07) is 1.59. The van der Waals surface area contributed by atoms with Crippen LogP contribution in [0.15, 0.2) is 15.9 Å². The molecule has 17 heavy (non-hydrogen) atoms. The minimum absolute atomic E-state index is 0.386. The van der Waals surface area contributed by atoms with Gasteiger partial charge in [-0.05, 0) is 27.4 Å². The predicted octanol–water partition coefficient (Wildman–Crippen LogP) is 3.32. The number of halogens is 6. The highest BCUT2D eigenvalue weighted by atomic mass is 79.9. The molecule has 1 aromatic rings. The highest BCUT2D eigenvalue weighted by molar-refractivity contribution is 9.10. The van der Waals surface area contributed by atoms with Gasteiger partial charge in [-0.3, -0.25) is 4.79 Å². The first-order chi connectivity index (χ1) is 7.66. The summed E-state index contributed by atoms with van der Waals surface area (Å²) in [6.45, 7) is -0.386. The van der Waals surface area contributed by atoms with Crippen LogP contribution >= 0.6 is 27.3 Å². The van der Waals surface area contributed by atoms with Gasteiger partial charge < -0.3 is 5.32 Å². The number of hydrogen-bond acceptors (Lipinski definition) is 2.